The third-order valence-corrected chi connectivity index (χ3v) is 7.39. The largest absolute Gasteiger partial charge is 0.299 e. The van der Waals surface area contributed by atoms with Crippen LogP contribution in [-0.4, -0.2) is 24.5 Å². The smallest absolute Gasteiger partial charge is 0.0406 e. The molecule has 4 rings (SSSR count). The van der Waals surface area contributed by atoms with Gasteiger partial charge in [-0.15, -0.1) is 11.3 Å². The summed E-state index contributed by atoms with van der Waals surface area (Å²) in [5.74, 6) is 0. The van der Waals surface area contributed by atoms with Gasteiger partial charge in [0.15, 0.2) is 0 Å². The zero-order valence-corrected chi connectivity index (χ0v) is 17.3. The summed E-state index contributed by atoms with van der Waals surface area (Å²) in [6.45, 7) is 5.81. The number of fused-ring (bicyclic) bond motifs is 1. The van der Waals surface area contributed by atoms with Gasteiger partial charge >= 0.3 is 0 Å². The van der Waals surface area contributed by atoms with E-state index in [9.17, 15) is 0 Å². The molecular formula is C23H28ClNS. The quantitative estimate of drug-likeness (QED) is 0.582. The van der Waals surface area contributed by atoms with E-state index < -0.39 is 0 Å². The van der Waals surface area contributed by atoms with Gasteiger partial charge < -0.3 is 0 Å². The minimum atomic E-state index is 0.817. The third kappa shape index (κ3) is 4.08. The van der Waals surface area contributed by atoms with E-state index in [0.29, 0.717) is 0 Å². The Morgan fingerprint density at radius 2 is 1.88 bits per heavy atom. The summed E-state index contributed by atoms with van der Waals surface area (Å²) in [5.41, 5.74) is 6.22. The van der Waals surface area contributed by atoms with E-state index in [0.717, 1.165) is 18.0 Å². The van der Waals surface area contributed by atoms with Crippen LogP contribution in [0.2, 0.25) is 5.02 Å². The van der Waals surface area contributed by atoms with E-state index in [1.54, 1.807) is 20.9 Å². The maximum absolute atomic E-state index is 6.00. The van der Waals surface area contributed by atoms with Crippen molar-refractivity contribution in [3.05, 3.63) is 61.8 Å². The van der Waals surface area contributed by atoms with Crippen LogP contribution in [0.3, 0.4) is 0 Å². The Hall–Kier alpha value is -1.09. The Morgan fingerprint density at radius 3 is 2.65 bits per heavy atom. The van der Waals surface area contributed by atoms with Crippen LogP contribution in [0.1, 0.15) is 52.1 Å². The number of benzene rings is 1. The Kier molecular flexibility index (Phi) is 5.83. The predicted molar refractivity (Wildman–Crippen MR) is 115 cm³/mol. The number of hydrogen-bond donors (Lipinski definition) is 0. The fourth-order valence-electron chi connectivity index (χ4n) is 4.42. The molecule has 0 bridgehead atoms. The van der Waals surface area contributed by atoms with Gasteiger partial charge in [0, 0.05) is 27.9 Å². The zero-order valence-electron chi connectivity index (χ0n) is 15.7. The predicted octanol–water partition coefficient (Wildman–Crippen LogP) is 6.31. The molecule has 0 radical (unpaired) electrons. The van der Waals surface area contributed by atoms with Crippen LogP contribution in [0.5, 0.6) is 0 Å². The molecule has 1 aliphatic heterocycles. The Labute approximate surface area is 166 Å². The van der Waals surface area contributed by atoms with Crippen molar-refractivity contribution in [2.75, 3.05) is 19.6 Å². The van der Waals surface area contributed by atoms with Crippen molar-refractivity contribution in [3.8, 4) is 0 Å². The molecule has 2 aliphatic rings. The number of thiophene rings is 1. The van der Waals surface area contributed by atoms with Crippen molar-refractivity contribution >= 4 is 28.5 Å². The monoisotopic (exact) mass is 385 g/mol. The van der Waals surface area contributed by atoms with Gasteiger partial charge in [-0.3, -0.25) is 4.90 Å². The molecule has 0 saturated heterocycles. The molecule has 0 unspecified atom stereocenters. The minimum absolute atomic E-state index is 0.817. The topological polar surface area (TPSA) is 3.24 Å². The SMILES string of the molecule is Cc1sc2c(c1CCCN1CC=C(c3ccc(Cl)cc3)CC1)CCCC2. The highest BCUT2D eigenvalue weighted by Crippen LogP contribution is 2.34. The van der Waals surface area contributed by atoms with E-state index in [-0.39, 0.29) is 0 Å². The van der Waals surface area contributed by atoms with Gasteiger partial charge in [-0.25, -0.2) is 0 Å². The number of nitrogens with zero attached hydrogens (tertiary/aromatic N) is 1. The second-order valence-electron chi connectivity index (χ2n) is 7.64. The molecule has 0 spiro atoms. The number of rotatable bonds is 5. The van der Waals surface area contributed by atoms with Gasteiger partial charge in [-0.05, 0) is 92.8 Å². The Morgan fingerprint density at radius 1 is 1.08 bits per heavy atom. The van der Waals surface area contributed by atoms with Crippen LogP contribution in [0, 0.1) is 6.92 Å². The van der Waals surface area contributed by atoms with E-state index in [4.69, 9.17) is 11.6 Å². The maximum Gasteiger partial charge on any atom is 0.0406 e. The summed E-state index contributed by atoms with van der Waals surface area (Å²) < 4.78 is 0. The molecule has 3 heteroatoms. The molecule has 0 fully saturated rings. The van der Waals surface area contributed by atoms with Crippen LogP contribution >= 0.6 is 22.9 Å². The average Bonchev–Trinajstić information content (AvgIpc) is 2.99. The third-order valence-electron chi connectivity index (χ3n) is 5.89. The molecule has 2 aromatic rings. The molecule has 1 nitrogen and oxygen atoms in total. The van der Waals surface area contributed by atoms with Crippen LogP contribution in [0.15, 0.2) is 30.3 Å². The van der Waals surface area contributed by atoms with Crippen molar-refractivity contribution in [3.63, 3.8) is 0 Å². The summed E-state index contributed by atoms with van der Waals surface area (Å²) in [5, 5.41) is 0.817. The highest BCUT2D eigenvalue weighted by Gasteiger charge is 2.19. The molecule has 0 saturated carbocycles. The lowest BCUT2D eigenvalue weighted by Gasteiger charge is -2.26. The lowest BCUT2D eigenvalue weighted by atomic mass is 9.93. The molecule has 0 amide bonds. The highest BCUT2D eigenvalue weighted by atomic mass is 35.5. The molecule has 1 aromatic heterocycles. The first kappa shape index (κ1) is 18.3. The second kappa shape index (κ2) is 8.29. The molecule has 2 heterocycles. The Balaban J connectivity index is 1.30. The summed E-state index contributed by atoms with van der Waals surface area (Å²) in [4.78, 5) is 5.88. The van der Waals surface area contributed by atoms with Gasteiger partial charge in [0.2, 0.25) is 0 Å². The molecule has 138 valence electrons. The summed E-state index contributed by atoms with van der Waals surface area (Å²) in [6.07, 6.45) is 11.5. The maximum atomic E-state index is 6.00. The molecule has 0 N–H and O–H groups in total. The summed E-state index contributed by atoms with van der Waals surface area (Å²) in [6, 6.07) is 8.28. The van der Waals surface area contributed by atoms with E-state index >= 15 is 0 Å². The lowest BCUT2D eigenvalue weighted by molar-refractivity contribution is 0.298. The first-order valence-electron chi connectivity index (χ1n) is 9.98. The van der Waals surface area contributed by atoms with Crippen molar-refractivity contribution in [2.24, 2.45) is 0 Å². The van der Waals surface area contributed by atoms with Gasteiger partial charge in [-0.1, -0.05) is 29.8 Å². The summed E-state index contributed by atoms with van der Waals surface area (Å²) >= 11 is 8.07. The van der Waals surface area contributed by atoms with Crippen molar-refractivity contribution in [2.45, 2.75) is 51.9 Å². The van der Waals surface area contributed by atoms with Gasteiger partial charge in [0.25, 0.3) is 0 Å². The molecule has 1 aliphatic carbocycles. The minimum Gasteiger partial charge on any atom is -0.299 e. The number of halogens is 1. The van der Waals surface area contributed by atoms with Crippen LogP contribution in [-0.2, 0) is 19.3 Å². The van der Waals surface area contributed by atoms with Crippen LogP contribution in [0.4, 0.5) is 0 Å². The first-order chi connectivity index (χ1) is 12.7. The van der Waals surface area contributed by atoms with Crippen molar-refractivity contribution in [1.29, 1.82) is 0 Å². The van der Waals surface area contributed by atoms with Crippen LogP contribution in [0.25, 0.3) is 5.57 Å². The molecule has 0 atom stereocenters. The Bertz CT molecular complexity index is 787. The van der Waals surface area contributed by atoms with E-state index in [1.165, 1.54) is 62.8 Å². The summed E-state index contributed by atoms with van der Waals surface area (Å²) in [7, 11) is 0. The zero-order chi connectivity index (χ0) is 17.9. The van der Waals surface area contributed by atoms with Crippen LogP contribution < -0.4 is 0 Å². The first-order valence-corrected chi connectivity index (χ1v) is 11.2. The van der Waals surface area contributed by atoms with E-state index in [2.05, 4.69) is 41.4 Å². The average molecular weight is 386 g/mol. The van der Waals surface area contributed by atoms with Crippen molar-refractivity contribution in [1.82, 2.24) is 4.90 Å². The second-order valence-corrected chi connectivity index (χ2v) is 9.38. The molecule has 1 aromatic carbocycles. The van der Waals surface area contributed by atoms with Gasteiger partial charge in [0.1, 0.15) is 0 Å². The highest BCUT2D eigenvalue weighted by molar-refractivity contribution is 7.12. The van der Waals surface area contributed by atoms with Gasteiger partial charge in [0.05, 0.1) is 0 Å². The van der Waals surface area contributed by atoms with Crippen molar-refractivity contribution < 1.29 is 0 Å². The fourth-order valence-corrected chi connectivity index (χ4v) is 5.85. The molecular weight excluding hydrogens is 358 g/mol. The van der Waals surface area contributed by atoms with Gasteiger partial charge in [-0.2, -0.15) is 0 Å². The number of hydrogen-bond acceptors (Lipinski definition) is 2. The lowest BCUT2D eigenvalue weighted by Crippen LogP contribution is -2.29. The standard InChI is InChI=1S/C23H28ClNS/c1-17-21(22-5-2-3-7-23(22)26-17)6-4-14-25-15-12-19(13-16-25)18-8-10-20(24)11-9-18/h8-12H,2-7,13-16H2,1H3. The molecule has 26 heavy (non-hydrogen) atoms. The van der Waals surface area contributed by atoms with E-state index in [1.807, 2.05) is 12.1 Å². The number of aryl methyl sites for hydroxylation is 2. The fraction of sp³-hybridized carbons (Fsp3) is 0.478. The normalized spacial score (nSPS) is 17.8.